The van der Waals surface area contributed by atoms with Crippen LogP contribution in [0.1, 0.15) is 11.1 Å². The highest BCUT2D eigenvalue weighted by Crippen LogP contribution is 2.19. The maximum absolute atomic E-state index is 13.3. The maximum Gasteiger partial charge on any atom is 0.234 e. The van der Waals surface area contributed by atoms with Crippen molar-refractivity contribution in [1.82, 2.24) is 15.1 Å². The minimum Gasteiger partial charge on any atom is -0.492 e. The third-order valence-electron chi connectivity index (χ3n) is 5.64. The van der Waals surface area contributed by atoms with Crippen LogP contribution in [-0.4, -0.2) is 73.8 Å². The Labute approximate surface area is 187 Å². The Morgan fingerprint density at radius 1 is 1.12 bits per heavy atom. The predicted molar refractivity (Wildman–Crippen MR) is 116 cm³/mol. The lowest BCUT2D eigenvalue weighted by Gasteiger charge is -2.45. The van der Waals surface area contributed by atoms with Gasteiger partial charge in [0.2, 0.25) is 5.91 Å². The number of rotatable bonds is 8. The van der Waals surface area contributed by atoms with E-state index in [0.29, 0.717) is 38.3 Å². The molecule has 2 aliphatic rings. The van der Waals surface area contributed by atoms with Crippen LogP contribution in [0.2, 0.25) is 0 Å². The fourth-order valence-corrected chi connectivity index (χ4v) is 4.20. The molecule has 0 aromatic heterocycles. The molecular weight excluding hydrogens is 411 g/mol. The fourth-order valence-electron chi connectivity index (χ4n) is 4.20. The zero-order valence-corrected chi connectivity index (χ0v) is 17.9. The van der Waals surface area contributed by atoms with Crippen molar-refractivity contribution in [2.45, 2.75) is 18.8 Å². The number of carbonyl (C=O) groups excluding carboxylic acids is 1. The number of hydrogen-bond donors (Lipinski definition) is 1. The third kappa shape index (κ3) is 6.26. The standard InChI is InChI=1S/C24H27FN4O3/c25-20-3-1-2-19(10-20)12-27-24(30)17-29-15-22-13-28(14-23(16-29)32-22)8-9-31-21-6-4-18(11-26)5-7-21/h1-7,10,22-23H,8-9,12-17H2,(H,27,30). The summed E-state index contributed by atoms with van der Waals surface area (Å²) in [5.74, 6) is 0.388. The Hall–Kier alpha value is -2.99. The average molecular weight is 439 g/mol. The Morgan fingerprint density at radius 2 is 1.84 bits per heavy atom. The normalized spacial score (nSPS) is 21.0. The summed E-state index contributed by atoms with van der Waals surface area (Å²) in [5, 5.41) is 11.7. The summed E-state index contributed by atoms with van der Waals surface area (Å²) in [6.07, 6.45) is 0.127. The zero-order valence-electron chi connectivity index (χ0n) is 17.9. The van der Waals surface area contributed by atoms with Gasteiger partial charge in [0.15, 0.2) is 0 Å². The highest BCUT2D eigenvalue weighted by Gasteiger charge is 2.35. The number of morpholine rings is 2. The van der Waals surface area contributed by atoms with Crippen LogP contribution in [0.3, 0.4) is 0 Å². The van der Waals surface area contributed by atoms with E-state index in [1.165, 1.54) is 12.1 Å². The van der Waals surface area contributed by atoms with Crippen LogP contribution in [0, 0.1) is 17.1 Å². The van der Waals surface area contributed by atoms with Crippen molar-refractivity contribution in [3.63, 3.8) is 0 Å². The Bertz CT molecular complexity index is 948. The topological polar surface area (TPSA) is 77.8 Å². The molecule has 2 unspecified atom stereocenters. The lowest BCUT2D eigenvalue weighted by atomic mass is 10.1. The molecule has 2 bridgehead atoms. The molecule has 2 heterocycles. The van der Waals surface area contributed by atoms with Crippen LogP contribution in [0.5, 0.6) is 5.75 Å². The monoisotopic (exact) mass is 438 g/mol. The molecule has 8 heteroatoms. The van der Waals surface area contributed by atoms with E-state index in [4.69, 9.17) is 14.7 Å². The van der Waals surface area contributed by atoms with Crippen LogP contribution in [0.4, 0.5) is 4.39 Å². The van der Waals surface area contributed by atoms with Crippen molar-refractivity contribution < 1.29 is 18.7 Å². The predicted octanol–water partition coefficient (Wildman–Crippen LogP) is 1.78. The van der Waals surface area contributed by atoms with Gasteiger partial charge in [-0.05, 0) is 42.0 Å². The van der Waals surface area contributed by atoms with Crippen molar-refractivity contribution in [1.29, 1.82) is 5.26 Å². The molecule has 0 radical (unpaired) electrons. The number of halogens is 1. The summed E-state index contributed by atoms with van der Waals surface area (Å²) in [4.78, 5) is 16.8. The molecule has 4 rings (SSSR count). The molecule has 2 saturated heterocycles. The number of nitrogens with zero attached hydrogens (tertiary/aromatic N) is 3. The van der Waals surface area contributed by atoms with Crippen molar-refractivity contribution in [3.8, 4) is 11.8 Å². The Kier molecular flexibility index (Phi) is 7.32. The van der Waals surface area contributed by atoms with Gasteiger partial charge in [0.05, 0.1) is 30.4 Å². The van der Waals surface area contributed by atoms with Gasteiger partial charge in [-0.15, -0.1) is 0 Å². The highest BCUT2D eigenvalue weighted by molar-refractivity contribution is 5.78. The number of nitriles is 1. The van der Waals surface area contributed by atoms with Crippen LogP contribution in [-0.2, 0) is 16.1 Å². The molecule has 2 aliphatic heterocycles. The summed E-state index contributed by atoms with van der Waals surface area (Å²) in [6.45, 7) is 5.01. The third-order valence-corrected chi connectivity index (χ3v) is 5.64. The molecule has 2 fully saturated rings. The van der Waals surface area contributed by atoms with Gasteiger partial charge in [-0.25, -0.2) is 4.39 Å². The first kappa shape index (κ1) is 22.2. The van der Waals surface area contributed by atoms with Gasteiger partial charge in [0.1, 0.15) is 18.2 Å². The quantitative estimate of drug-likeness (QED) is 0.677. The lowest BCUT2D eigenvalue weighted by Crippen LogP contribution is -2.60. The zero-order chi connectivity index (χ0) is 22.3. The van der Waals surface area contributed by atoms with Gasteiger partial charge in [-0.3, -0.25) is 14.6 Å². The van der Waals surface area contributed by atoms with E-state index < -0.39 is 0 Å². The van der Waals surface area contributed by atoms with Crippen LogP contribution >= 0.6 is 0 Å². The van der Waals surface area contributed by atoms with Gasteiger partial charge >= 0.3 is 0 Å². The number of fused-ring (bicyclic) bond motifs is 2. The molecule has 0 spiro atoms. The van der Waals surface area contributed by atoms with Crippen LogP contribution < -0.4 is 10.1 Å². The maximum atomic E-state index is 13.3. The van der Waals surface area contributed by atoms with E-state index in [1.54, 1.807) is 24.3 Å². The molecule has 7 nitrogen and oxygen atoms in total. The number of hydrogen-bond acceptors (Lipinski definition) is 6. The number of nitrogens with one attached hydrogen (secondary N) is 1. The first-order chi connectivity index (χ1) is 15.6. The van der Waals surface area contributed by atoms with E-state index in [2.05, 4.69) is 21.2 Å². The second kappa shape index (κ2) is 10.6. The van der Waals surface area contributed by atoms with Crippen molar-refractivity contribution in [2.75, 3.05) is 45.9 Å². The minimum atomic E-state index is -0.301. The molecule has 2 aromatic carbocycles. The second-order valence-electron chi connectivity index (χ2n) is 8.23. The molecular formula is C24H27FN4O3. The first-order valence-electron chi connectivity index (χ1n) is 10.8. The SMILES string of the molecule is N#Cc1ccc(OCCN2CC3CN(CC(=O)NCc4cccc(F)c4)CC(C2)O3)cc1. The average Bonchev–Trinajstić information content (AvgIpc) is 2.78. The number of carbonyl (C=O) groups is 1. The smallest absolute Gasteiger partial charge is 0.234 e. The summed E-state index contributed by atoms with van der Waals surface area (Å²) in [5.41, 5.74) is 1.36. The molecule has 1 N–H and O–H groups in total. The van der Waals surface area contributed by atoms with Crippen LogP contribution in [0.25, 0.3) is 0 Å². The molecule has 1 amide bonds. The first-order valence-corrected chi connectivity index (χ1v) is 10.8. The van der Waals surface area contributed by atoms with E-state index in [-0.39, 0.29) is 23.9 Å². The van der Waals surface area contributed by atoms with E-state index in [1.807, 2.05) is 12.1 Å². The van der Waals surface area contributed by atoms with Crippen LogP contribution in [0.15, 0.2) is 48.5 Å². The summed E-state index contributed by atoms with van der Waals surface area (Å²) < 4.78 is 25.1. The minimum absolute atomic E-state index is 0.0634. The highest BCUT2D eigenvalue weighted by atomic mass is 19.1. The van der Waals surface area contributed by atoms with Gasteiger partial charge < -0.3 is 14.8 Å². The van der Waals surface area contributed by atoms with Crippen molar-refractivity contribution in [3.05, 3.63) is 65.5 Å². The molecule has 2 aromatic rings. The number of benzene rings is 2. The van der Waals surface area contributed by atoms with E-state index >= 15 is 0 Å². The lowest BCUT2D eigenvalue weighted by molar-refractivity contribution is -0.145. The van der Waals surface area contributed by atoms with Gasteiger partial charge in [0, 0.05) is 39.3 Å². The van der Waals surface area contributed by atoms with Crippen molar-refractivity contribution in [2.24, 2.45) is 0 Å². The molecule has 0 saturated carbocycles. The largest absolute Gasteiger partial charge is 0.492 e. The Balaban J connectivity index is 1.17. The van der Waals surface area contributed by atoms with E-state index in [9.17, 15) is 9.18 Å². The summed E-state index contributed by atoms with van der Waals surface area (Å²) >= 11 is 0. The Morgan fingerprint density at radius 3 is 2.53 bits per heavy atom. The summed E-state index contributed by atoms with van der Waals surface area (Å²) in [7, 11) is 0. The molecule has 168 valence electrons. The molecule has 0 aliphatic carbocycles. The fraction of sp³-hybridized carbons (Fsp3) is 0.417. The van der Waals surface area contributed by atoms with Crippen molar-refractivity contribution >= 4 is 5.91 Å². The van der Waals surface area contributed by atoms with Gasteiger partial charge in [-0.1, -0.05) is 12.1 Å². The second-order valence-corrected chi connectivity index (χ2v) is 8.23. The number of amides is 1. The van der Waals surface area contributed by atoms with Gasteiger partial charge in [0.25, 0.3) is 0 Å². The molecule has 2 atom stereocenters. The summed E-state index contributed by atoms with van der Waals surface area (Å²) in [6, 6.07) is 15.5. The van der Waals surface area contributed by atoms with E-state index in [0.717, 1.165) is 30.9 Å². The van der Waals surface area contributed by atoms with Gasteiger partial charge in [-0.2, -0.15) is 5.26 Å². The number of ether oxygens (including phenoxy) is 2. The molecule has 32 heavy (non-hydrogen) atoms.